The second-order valence-corrected chi connectivity index (χ2v) is 6.99. The zero-order chi connectivity index (χ0) is 16.8. The summed E-state index contributed by atoms with van der Waals surface area (Å²) in [5.41, 5.74) is 1.13. The molecule has 1 aromatic rings. The summed E-state index contributed by atoms with van der Waals surface area (Å²) in [5.74, 6) is -0.0126. The van der Waals surface area contributed by atoms with Gasteiger partial charge in [0.15, 0.2) is 9.84 Å². The Bertz CT molecular complexity index is 639. The van der Waals surface area contributed by atoms with E-state index in [0.29, 0.717) is 23.4 Å². The van der Waals surface area contributed by atoms with E-state index in [-0.39, 0.29) is 5.75 Å². The van der Waals surface area contributed by atoms with Gasteiger partial charge >= 0.3 is 5.97 Å². The van der Waals surface area contributed by atoms with Crippen LogP contribution in [0.25, 0.3) is 0 Å². The Hall–Kier alpha value is -2.02. The molecule has 0 saturated carbocycles. The SMILES string of the molecule is C=CCC(Nc1cc(CS(C)(=O)=O)ccc1OC)C(=O)OC. The van der Waals surface area contributed by atoms with Crippen molar-refractivity contribution in [2.24, 2.45) is 0 Å². The third kappa shape index (κ3) is 5.40. The summed E-state index contributed by atoms with van der Waals surface area (Å²) in [6.45, 7) is 3.61. The van der Waals surface area contributed by atoms with Crippen molar-refractivity contribution in [3.63, 3.8) is 0 Å². The van der Waals surface area contributed by atoms with E-state index < -0.39 is 21.8 Å². The molecule has 0 aliphatic heterocycles. The van der Waals surface area contributed by atoms with Crippen LogP contribution >= 0.6 is 0 Å². The van der Waals surface area contributed by atoms with E-state index in [4.69, 9.17) is 9.47 Å². The van der Waals surface area contributed by atoms with Gasteiger partial charge in [-0.15, -0.1) is 6.58 Å². The Morgan fingerprint density at radius 3 is 2.59 bits per heavy atom. The van der Waals surface area contributed by atoms with Crippen LogP contribution in [0.15, 0.2) is 30.9 Å². The van der Waals surface area contributed by atoms with Crippen molar-refractivity contribution in [3.05, 3.63) is 36.4 Å². The lowest BCUT2D eigenvalue weighted by Gasteiger charge is -2.19. The third-order valence-electron chi connectivity index (χ3n) is 2.91. The number of rotatable bonds is 8. The second-order valence-electron chi connectivity index (χ2n) is 4.85. The molecule has 0 heterocycles. The molecule has 0 amide bonds. The van der Waals surface area contributed by atoms with E-state index in [1.807, 2.05) is 0 Å². The minimum absolute atomic E-state index is 0.0873. The van der Waals surface area contributed by atoms with Crippen LogP contribution in [0.1, 0.15) is 12.0 Å². The van der Waals surface area contributed by atoms with Crippen LogP contribution in [0, 0.1) is 0 Å². The van der Waals surface area contributed by atoms with Crippen LogP contribution in [0.5, 0.6) is 5.75 Å². The monoisotopic (exact) mass is 327 g/mol. The van der Waals surface area contributed by atoms with Gasteiger partial charge in [0, 0.05) is 6.26 Å². The van der Waals surface area contributed by atoms with Gasteiger partial charge in [0.05, 0.1) is 25.7 Å². The minimum atomic E-state index is -3.15. The van der Waals surface area contributed by atoms with E-state index in [1.54, 1.807) is 24.3 Å². The first-order chi connectivity index (χ1) is 10.3. The smallest absolute Gasteiger partial charge is 0.328 e. The number of ether oxygens (including phenoxy) is 2. The summed E-state index contributed by atoms with van der Waals surface area (Å²) in [4.78, 5) is 11.8. The molecule has 1 rings (SSSR count). The maximum Gasteiger partial charge on any atom is 0.328 e. The molecule has 0 spiro atoms. The van der Waals surface area contributed by atoms with Crippen LogP contribution in [0.3, 0.4) is 0 Å². The average molecular weight is 327 g/mol. The molecular formula is C15H21NO5S. The number of anilines is 1. The number of nitrogens with one attached hydrogen (secondary N) is 1. The Morgan fingerprint density at radius 2 is 2.09 bits per heavy atom. The zero-order valence-electron chi connectivity index (χ0n) is 13.0. The fourth-order valence-electron chi connectivity index (χ4n) is 1.97. The maximum absolute atomic E-state index is 11.8. The van der Waals surface area contributed by atoms with Crippen LogP contribution in [0.2, 0.25) is 0 Å². The van der Waals surface area contributed by atoms with Crippen molar-refractivity contribution >= 4 is 21.5 Å². The Morgan fingerprint density at radius 1 is 1.41 bits per heavy atom. The number of hydrogen-bond donors (Lipinski definition) is 1. The highest BCUT2D eigenvalue weighted by molar-refractivity contribution is 7.89. The van der Waals surface area contributed by atoms with Crippen molar-refractivity contribution in [2.75, 3.05) is 25.8 Å². The topological polar surface area (TPSA) is 81.7 Å². The molecule has 1 N–H and O–H groups in total. The molecule has 6 nitrogen and oxygen atoms in total. The van der Waals surface area contributed by atoms with E-state index in [2.05, 4.69) is 11.9 Å². The molecule has 0 bridgehead atoms. The lowest BCUT2D eigenvalue weighted by molar-refractivity contribution is -0.141. The summed E-state index contributed by atoms with van der Waals surface area (Å²) in [7, 11) is -0.349. The molecule has 1 aromatic carbocycles. The van der Waals surface area contributed by atoms with Gasteiger partial charge in [0.2, 0.25) is 0 Å². The van der Waals surface area contributed by atoms with Crippen LogP contribution < -0.4 is 10.1 Å². The molecule has 22 heavy (non-hydrogen) atoms. The molecule has 0 fully saturated rings. The van der Waals surface area contributed by atoms with Crippen molar-refractivity contribution in [1.82, 2.24) is 0 Å². The van der Waals surface area contributed by atoms with Crippen molar-refractivity contribution in [3.8, 4) is 5.75 Å². The summed E-state index contributed by atoms with van der Waals surface area (Å²) < 4.78 is 32.8. The molecule has 0 aliphatic rings. The van der Waals surface area contributed by atoms with Gasteiger partial charge < -0.3 is 14.8 Å². The van der Waals surface area contributed by atoms with Gasteiger partial charge in [0.25, 0.3) is 0 Å². The molecule has 1 atom stereocenters. The predicted molar refractivity (Wildman–Crippen MR) is 85.8 cm³/mol. The van der Waals surface area contributed by atoms with Gasteiger partial charge in [-0.3, -0.25) is 0 Å². The first-order valence-corrected chi connectivity index (χ1v) is 8.66. The quantitative estimate of drug-likeness (QED) is 0.579. The van der Waals surface area contributed by atoms with E-state index >= 15 is 0 Å². The summed E-state index contributed by atoms with van der Waals surface area (Å²) in [6.07, 6.45) is 3.13. The lowest BCUT2D eigenvalue weighted by atomic mass is 10.1. The molecular weight excluding hydrogens is 306 g/mol. The van der Waals surface area contributed by atoms with Gasteiger partial charge in [-0.1, -0.05) is 12.1 Å². The van der Waals surface area contributed by atoms with Gasteiger partial charge in [0.1, 0.15) is 11.8 Å². The molecule has 0 aliphatic carbocycles. The minimum Gasteiger partial charge on any atom is -0.495 e. The number of esters is 1. The molecule has 1 unspecified atom stereocenters. The Labute approximate surface area is 131 Å². The summed E-state index contributed by atoms with van der Waals surface area (Å²) in [5, 5.41) is 3.01. The number of carbonyl (C=O) groups is 1. The van der Waals surface area contributed by atoms with Crippen LogP contribution in [0.4, 0.5) is 5.69 Å². The predicted octanol–water partition coefficient (Wildman–Crippen LogP) is 1.77. The standard InChI is InChI=1S/C15H21NO5S/c1-5-6-12(15(17)21-3)16-13-9-11(10-22(4,18)19)7-8-14(13)20-2/h5,7-9,12,16H,1,6,10H2,2-4H3. The molecule has 0 radical (unpaired) electrons. The first kappa shape index (κ1) is 18.0. The van der Waals surface area contributed by atoms with Crippen molar-refractivity contribution < 1.29 is 22.7 Å². The van der Waals surface area contributed by atoms with E-state index in [9.17, 15) is 13.2 Å². The van der Waals surface area contributed by atoms with Crippen LogP contribution in [-0.2, 0) is 25.1 Å². The highest BCUT2D eigenvalue weighted by Crippen LogP contribution is 2.27. The van der Waals surface area contributed by atoms with Gasteiger partial charge in [-0.2, -0.15) is 0 Å². The van der Waals surface area contributed by atoms with E-state index in [1.165, 1.54) is 20.5 Å². The first-order valence-electron chi connectivity index (χ1n) is 6.60. The Kier molecular flexibility index (Phi) is 6.42. The number of hydrogen-bond acceptors (Lipinski definition) is 6. The molecule has 7 heteroatoms. The number of sulfone groups is 1. The second kappa shape index (κ2) is 7.84. The Balaban J connectivity index is 3.11. The summed E-state index contributed by atoms with van der Waals surface area (Å²) >= 11 is 0. The number of benzene rings is 1. The fourth-order valence-corrected chi connectivity index (χ4v) is 2.76. The van der Waals surface area contributed by atoms with Crippen molar-refractivity contribution in [2.45, 2.75) is 18.2 Å². The maximum atomic E-state index is 11.8. The summed E-state index contributed by atoms with van der Waals surface area (Å²) in [6, 6.07) is 4.36. The lowest BCUT2D eigenvalue weighted by Crippen LogP contribution is -2.30. The van der Waals surface area contributed by atoms with Crippen LogP contribution in [-0.4, -0.2) is 40.9 Å². The highest BCUT2D eigenvalue weighted by atomic mass is 32.2. The van der Waals surface area contributed by atoms with Crippen molar-refractivity contribution in [1.29, 1.82) is 0 Å². The highest BCUT2D eigenvalue weighted by Gasteiger charge is 2.19. The fraction of sp³-hybridized carbons (Fsp3) is 0.400. The number of carbonyl (C=O) groups excluding carboxylic acids is 1. The number of methoxy groups -OCH3 is 2. The van der Waals surface area contributed by atoms with E-state index in [0.717, 1.165) is 0 Å². The molecule has 0 aromatic heterocycles. The molecule has 122 valence electrons. The largest absolute Gasteiger partial charge is 0.495 e. The third-order valence-corrected chi connectivity index (χ3v) is 3.77. The average Bonchev–Trinajstić information content (AvgIpc) is 2.44. The van der Waals surface area contributed by atoms with Gasteiger partial charge in [-0.05, 0) is 24.1 Å². The van der Waals surface area contributed by atoms with Gasteiger partial charge in [-0.25, -0.2) is 13.2 Å². The normalized spacial score (nSPS) is 12.3. The molecule has 0 saturated heterocycles. The zero-order valence-corrected chi connectivity index (χ0v) is 13.8.